The standard InChI is InChI=1S/C16H25NO4/c1-15(2,3)10-16(4,5)12-7-8-14(21-11-20-6)13(9-12)17(18)19/h7-9H,10-11H2,1-6H3. The number of hydrogen-bond donors (Lipinski definition) is 0. The Hall–Kier alpha value is -1.62. The molecule has 0 aliphatic rings. The van der Waals surface area contributed by atoms with Crippen LogP contribution in [0.1, 0.15) is 46.6 Å². The highest BCUT2D eigenvalue weighted by atomic mass is 16.7. The first-order valence-corrected chi connectivity index (χ1v) is 6.97. The first-order chi connectivity index (χ1) is 9.57. The van der Waals surface area contributed by atoms with Crippen molar-refractivity contribution in [3.8, 4) is 5.75 Å². The Kier molecular flexibility index (Phi) is 5.34. The zero-order valence-corrected chi connectivity index (χ0v) is 13.7. The van der Waals surface area contributed by atoms with E-state index in [0.29, 0.717) is 0 Å². The topological polar surface area (TPSA) is 61.6 Å². The van der Waals surface area contributed by atoms with E-state index in [-0.39, 0.29) is 29.1 Å². The molecule has 0 aliphatic heterocycles. The fourth-order valence-corrected chi connectivity index (χ4v) is 2.75. The molecule has 1 rings (SSSR count). The second kappa shape index (κ2) is 6.43. The van der Waals surface area contributed by atoms with Crippen molar-refractivity contribution in [2.75, 3.05) is 13.9 Å². The second-order valence-electron chi connectivity index (χ2n) is 7.11. The predicted molar refractivity (Wildman–Crippen MR) is 82.7 cm³/mol. The molecule has 0 bridgehead atoms. The molecule has 1 aromatic carbocycles. The van der Waals surface area contributed by atoms with E-state index in [4.69, 9.17) is 9.47 Å². The smallest absolute Gasteiger partial charge is 0.311 e. The lowest BCUT2D eigenvalue weighted by molar-refractivity contribution is -0.386. The number of ether oxygens (including phenoxy) is 2. The maximum atomic E-state index is 11.2. The maximum Gasteiger partial charge on any atom is 0.311 e. The molecule has 118 valence electrons. The lowest BCUT2D eigenvalue weighted by atomic mass is 9.72. The Morgan fingerprint density at radius 3 is 2.29 bits per heavy atom. The molecule has 21 heavy (non-hydrogen) atoms. The molecule has 0 saturated heterocycles. The summed E-state index contributed by atoms with van der Waals surface area (Å²) in [6, 6.07) is 5.15. The van der Waals surface area contributed by atoms with Crippen LogP contribution in [0.5, 0.6) is 5.75 Å². The summed E-state index contributed by atoms with van der Waals surface area (Å²) >= 11 is 0. The fourth-order valence-electron chi connectivity index (χ4n) is 2.75. The molecular formula is C16H25NO4. The van der Waals surface area contributed by atoms with Gasteiger partial charge in [0.05, 0.1) is 4.92 Å². The molecular weight excluding hydrogens is 270 g/mol. The van der Waals surface area contributed by atoms with Crippen LogP contribution in [-0.4, -0.2) is 18.8 Å². The molecule has 0 fully saturated rings. The van der Waals surface area contributed by atoms with Crippen LogP contribution < -0.4 is 4.74 Å². The van der Waals surface area contributed by atoms with Crippen molar-refractivity contribution >= 4 is 5.69 Å². The van der Waals surface area contributed by atoms with Gasteiger partial charge in [0.25, 0.3) is 0 Å². The van der Waals surface area contributed by atoms with Gasteiger partial charge >= 0.3 is 5.69 Å². The van der Waals surface area contributed by atoms with Gasteiger partial charge in [0.1, 0.15) is 0 Å². The summed E-state index contributed by atoms with van der Waals surface area (Å²) in [4.78, 5) is 10.8. The van der Waals surface area contributed by atoms with E-state index in [1.807, 2.05) is 6.07 Å². The number of methoxy groups -OCH3 is 1. The molecule has 0 aliphatic carbocycles. The minimum absolute atomic E-state index is 0.00836. The van der Waals surface area contributed by atoms with E-state index in [1.165, 1.54) is 7.11 Å². The highest BCUT2D eigenvalue weighted by Crippen LogP contribution is 2.39. The van der Waals surface area contributed by atoms with Gasteiger partial charge in [0.2, 0.25) is 0 Å². The Bertz CT molecular complexity index is 503. The van der Waals surface area contributed by atoms with Crippen molar-refractivity contribution in [2.45, 2.75) is 46.5 Å². The lowest BCUT2D eigenvalue weighted by Gasteiger charge is -2.33. The van der Waals surface area contributed by atoms with Crippen LogP contribution in [0.2, 0.25) is 0 Å². The van der Waals surface area contributed by atoms with Crippen molar-refractivity contribution in [2.24, 2.45) is 5.41 Å². The van der Waals surface area contributed by atoms with Gasteiger partial charge in [-0.25, -0.2) is 0 Å². The predicted octanol–water partition coefficient (Wildman–Crippen LogP) is 4.29. The van der Waals surface area contributed by atoms with Gasteiger partial charge in [0.15, 0.2) is 12.5 Å². The summed E-state index contributed by atoms with van der Waals surface area (Å²) in [7, 11) is 1.48. The van der Waals surface area contributed by atoms with Crippen molar-refractivity contribution in [1.29, 1.82) is 0 Å². The minimum atomic E-state index is -0.415. The van der Waals surface area contributed by atoms with E-state index < -0.39 is 4.92 Å². The van der Waals surface area contributed by atoms with Crippen LogP contribution in [0, 0.1) is 15.5 Å². The Morgan fingerprint density at radius 2 is 1.81 bits per heavy atom. The summed E-state index contributed by atoms with van der Waals surface area (Å²) in [6.45, 7) is 10.7. The molecule has 0 saturated carbocycles. The van der Waals surface area contributed by atoms with Crippen molar-refractivity contribution in [3.63, 3.8) is 0 Å². The first-order valence-electron chi connectivity index (χ1n) is 6.97. The van der Waals surface area contributed by atoms with E-state index in [2.05, 4.69) is 34.6 Å². The summed E-state index contributed by atoms with van der Waals surface area (Å²) in [5, 5.41) is 11.2. The zero-order chi connectivity index (χ0) is 16.3. The normalized spacial score (nSPS) is 12.3. The molecule has 0 aromatic heterocycles. The molecule has 0 atom stereocenters. The zero-order valence-electron chi connectivity index (χ0n) is 13.7. The van der Waals surface area contributed by atoms with Crippen molar-refractivity contribution < 1.29 is 14.4 Å². The van der Waals surface area contributed by atoms with Gasteiger partial charge in [-0.1, -0.05) is 40.7 Å². The number of benzene rings is 1. The lowest BCUT2D eigenvalue weighted by Crippen LogP contribution is -2.25. The minimum Gasteiger partial charge on any atom is -0.460 e. The van der Waals surface area contributed by atoms with Gasteiger partial charge in [-0.2, -0.15) is 0 Å². The SMILES string of the molecule is COCOc1ccc(C(C)(C)CC(C)(C)C)cc1[N+](=O)[O-]. The van der Waals surface area contributed by atoms with Crippen LogP contribution in [-0.2, 0) is 10.2 Å². The molecule has 0 unspecified atom stereocenters. The Balaban J connectivity index is 3.15. The third kappa shape index (κ3) is 5.01. The Labute approximate surface area is 126 Å². The van der Waals surface area contributed by atoms with Crippen molar-refractivity contribution in [3.05, 3.63) is 33.9 Å². The average molecular weight is 295 g/mol. The first kappa shape index (κ1) is 17.4. The van der Waals surface area contributed by atoms with Crippen LogP contribution in [0.15, 0.2) is 18.2 Å². The summed E-state index contributed by atoms with van der Waals surface area (Å²) < 4.78 is 10.1. The monoisotopic (exact) mass is 295 g/mol. The maximum absolute atomic E-state index is 11.2. The Morgan fingerprint density at radius 1 is 1.19 bits per heavy atom. The molecule has 0 amide bonds. The van der Waals surface area contributed by atoms with Gasteiger partial charge in [-0.05, 0) is 28.9 Å². The third-order valence-corrected chi connectivity index (χ3v) is 3.24. The largest absolute Gasteiger partial charge is 0.460 e. The molecule has 5 nitrogen and oxygen atoms in total. The van der Waals surface area contributed by atoms with E-state index in [1.54, 1.807) is 12.1 Å². The second-order valence-corrected chi connectivity index (χ2v) is 7.11. The third-order valence-electron chi connectivity index (χ3n) is 3.24. The van der Waals surface area contributed by atoms with Gasteiger partial charge in [0, 0.05) is 13.2 Å². The van der Waals surface area contributed by atoms with Crippen LogP contribution in [0.25, 0.3) is 0 Å². The number of rotatable bonds is 6. The quantitative estimate of drug-likeness (QED) is 0.446. The molecule has 0 radical (unpaired) electrons. The van der Waals surface area contributed by atoms with Crippen LogP contribution in [0.3, 0.4) is 0 Å². The van der Waals surface area contributed by atoms with Crippen LogP contribution in [0.4, 0.5) is 5.69 Å². The number of nitro benzene ring substituents is 1. The number of hydrogen-bond acceptors (Lipinski definition) is 4. The molecule has 5 heteroatoms. The molecule has 1 aromatic rings. The molecule has 0 spiro atoms. The summed E-state index contributed by atoms with van der Waals surface area (Å²) in [5.41, 5.74) is 0.909. The number of nitro groups is 1. The van der Waals surface area contributed by atoms with Crippen molar-refractivity contribution in [1.82, 2.24) is 0 Å². The number of nitrogens with zero attached hydrogens (tertiary/aromatic N) is 1. The molecule has 0 heterocycles. The highest BCUT2D eigenvalue weighted by molar-refractivity contribution is 5.50. The van der Waals surface area contributed by atoms with Crippen LogP contribution >= 0.6 is 0 Å². The summed E-state index contributed by atoms with van der Waals surface area (Å²) in [6.07, 6.45) is 0.926. The summed E-state index contributed by atoms with van der Waals surface area (Å²) in [5.74, 6) is 0.233. The molecule has 0 N–H and O–H groups in total. The van der Waals surface area contributed by atoms with Gasteiger partial charge < -0.3 is 9.47 Å². The van der Waals surface area contributed by atoms with Gasteiger partial charge in [-0.15, -0.1) is 0 Å². The van der Waals surface area contributed by atoms with E-state index in [0.717, 1.165) is 12.0 Å². The van der Waals surface area contributed by atoms with Gasteiger partial charge in [-0.3, -0.25) is 10.1 Å². The van der Waals surface area contributed by atoms with E-state index >= 15 is 0 Å². The highest BCUT2D eigenvalue weighted by Gasteiger charge is 2.29. The average Bonchev–Trinajstić information content (AvgIpc) is 2.33. The van der Waals surface area contributed by atoms with E-state index in [9.17, 15) is 10.1 Å². The fraction of sp³-hybridized carbons (Fsp3) is 0.625.